The standard InChI is InChI=1S/C12H20N4O3S/c1-16(2)11-4-6-14-8-10(11)15-12(17)9(13)5-7-20(3,18)19/h4,6,8-9H,5,7,13H2,1-3H3,(H,15,17). The number of nitrogens with one attached hydrogen (secondary N) is 1. The fourth-order valence-electron chi connectivity index (χ4n) is 1.57. The van der Waals surface area contributed by atoms with Crippen LogP contribution in [0.3, 0.4) is 0 Å². The van der Waals surface area contributed by atoms with Crippen molar-refractivity contribution in [3.8, 4) is 0 Å². The number of hydrogen-bond acceptors (Lipinski definition) is 6. The van der Waals surface area contributed by atoms with E-state index < -0.39 is 21.8 Å². The van der Waals surface area contributed by atoms with Gasteiger partial charge in [-0.25, -0.2) is 8.42 Å². The summed E-state index contributed by atoms with van der Waals surface area (Å²) >= 11 is 0. The van der Waals surface area contributed by atoms with Gasteiger partial charge in [-0.3, -0.25) is 9.78 Å². The molecule has 112 valence electrons. The molecule has 8 heteroatoms. The molecule has 0 fully saturated rings. The minimum absolute atomic E-state index is 0.0855. The first-order valence-corrected chi connectivity index (χ1v) is 8.12. The predicted molar refractivity (Wildman–Crippen MR) is 79.5 cm³/mol. The molecule has 0 aliphatic rings. The molecule has 0 aromatic carbocycles. The quantitative estimate of drug-likeness (QED) is 0.757. The lowest BCUT2D eigenvalue weighted by Gasteiger charge is -2.18. The van der Waals surface area contributed by atoms with Crippen LogP contribution in [0.2, 0.25) is 0 Å². The first-order valence-electron chi connectivity index (χ1n) is 6.06. The zero-order valence-electron chi connectivity index (χ0n) is 11.8. The summed E-state index contributed by atoms with van der Waals surface area (Å²) in [6.07, 6.45) is 4.34. The van der Waals surface area contributed by atoms with Crippen LogP contribution >= 0.6 is 0 Å². The van der Waals surface area contributed by atoms with Crippen molar-refractivity contribution >= 4 is 27.1 Å². The molecule has 20 heavy (non-hydrogen) atoms. The highest BCUT2D eigenvalue weighted by molar-refractivity contribution is 7.90. The number of hydrogen-bond donors (Lipinski definition) is 2. The van der Waals surface area contributed by atoms with Crippen LogP contribution in [0.5, 0.6) is 0 Å². The Kier molecular flexibility index (Phi) is 5.46. The Morgan fingerprint density at radius 1 is 1.50 bits per heavy atom. The summed E-state index contributed by atoms with van der Waals surface area (Å²) in [6.45, 7) is 0. The average Bonchev–Trinajstić information content (AvgIpc) is 2.35. The van der Waals surface area contributed by atoms with Crippen molar-refractivity contribution in [2.45, 2.75) is 12.5 Å². The van der Waals surface area contributed by atoms with Gasteiger partial charge in [0.05, 0.1) is 29.4 Å². The van der Waals surface area contributed by atoms with Crippen LogP contribution in [0.15, 0.2) is 18.5 Å². The molecule has 1 heterocycles. The van der Waals surface area contributed by atoms with E-state index in [1.165, 1.54) is 6.20 Å². The first-order chi connectivity index (χ1) is 9.20. The van der Waals surface area contributed by atoms with Crippen molar-refractivity contribution in [1.82, 2.24) is 4.98 Å². The molecule has 0 saturated heterocycles. The number of pyridine rings is 1. The Labute approximate surface area is 119 Å². The summed E-state index contributed by atoms with van der Waals surface area (Å²) in [6, 6.07) is 0.886. The third-order valence-corrected chi connectivity index (χ3v) is 3.65. The fourth-order valence-corrected chi connectivity index (χ4v) is 2.25. The average molecular weight is 300 g/mol. The molecule has 1 atom stereocenters. The van der Waals surface area contributed by atoms with E-state index in [0.29, 0.717) is 5.69 Å². The number of anilines is 2. The summed E-state index contributed by atoms with van der Waals surface area (Å²) in [5.41, 5.74) is 7.02. The summed E-state index contributed by atoms with van der Waals surface area (Å²) in [7, 11) is 0.556. The molecule has 0 radical (unpaired) electrons. The van der Waals surface area contributed by atoms with E-state index in [0.717, 1.165) is 11.9 Å². The first kappa shape index (κ1) is 16.4. The molecule has 1 unspecified atom stereocenters. The van der Waals surface area contributed by atoms with Crippen LogP contribution in [0, 0.1) is 0 Å². The van der Waals surface area contributed by atoms with Gasteiger partial charge in [0.2, 0.25) is 5.91 Å². The minimum atomic E-state index is -3.13. The van der Waals surface area contributed by atoms with Gasteiger partial charge in [-0.1, -0.05) is 0 Å². The molecule has 1 amide bonds. The highest BCUT2D eigenvalue weighted by Crippen LogP contribution is 2.22. The van der Waals surface area contributed by atoms with Gasteiger partial charge >= 0.3 is 0 Å². The van der Waals surface area contributed by atoms with Gasteiger partial charge in [-0.2, -0.15) is 0 Å². The van der Waals surface area contributed by atoms with Gasteiger partial charge in [0, 0.05) is 26.5 Å². The molecular weight excluding hydrogens is 280 g/mol. The maximum atomic E-state index is 11.9. The van der Waals surface area contributed by atoms with E-state index in [9.17, 15) is 13.2 Å². The Morgan fingerprint density at radius 2 is 2.15 bits per heavy atom. The molecule has 1 aromatic rings. The van der Waals surface area contributed by atoms with Crippen LogP contribution in [0.4, 0.5) is 11.4 Å². The summed E-state index contributed by atoms with van der Waals surface area (Å²) < 4.78 is 22.1. The van der Waals surface area contributed by atoms with E-state index in [1.54, 1.807) is 12.3 Å². The maximum absolute atomic E-state index is 11.9. The van der Waals surface area contributed by atoms with Crippen molar-refractivity contribution in [1.29, 1.82) is 0 Å². The SMILES string of the molecule is CN(C)c1ccncc1NC(=O)C(N)CCS(C)(=O)=O. The number of nitrogens with zero attached hydrogens (tertiary/aromatic N) is 2. The van der Waals surface area contributed by atoms with E-state index in [-0.39, 0.29) is 12.2 Å². The largest absolute Gasteiger partial charge is 0.376 e. The van der Waals surface area contributed by atoms with E-state index in [1.807, 2.05) is 19.0 Å². The van der Waals surface area contributed by atoms with Gasteiger partial charge in [-0.15, -0.1) is 0 Å². The zero-order chi connectivity index (χ0) is 15.3. The monoisotopic (exact) mass is 300 g/mol. The highest BCUT2D eigenvalue weighted by atomic mass is 32.2. The Hall–Kier alpha value is -1.67. The van der Waals surface area contributed by atoms with Crippen LogP contribution in [0.1, 0.15) is 6.42 Å². The molecule has 3 N–H and O–H groups in total. The Bertz CT molecular complexity index is 572. The van der Waals surface area contributed by atoms with Gasteiger partial charge in [0.25, 0.3) is 0 Å². The summed E-state index contributed by atoms with van der Waals surface area (Å²) in [4.78, 5) is 17.7. The minimum Gasteiger partial charge on any atom is -0.376 e. The number of carbonyl (C=O) groups is 1. The predicted octanol–water partition coefficient (Wildman–Crippen LogP) is -0.152. The van der Waals surface area contributed by atoms with Crippen LogP contribution in [-0.4, -0.2) is 51.5 Å². The van der Waals surface area contributed by atoms with E-state index in [4.69, 9.17) is 5.73 Å². The van der Waals surface area contributed by atoms with Crippen molar-refractivity contribution < 1.29 is 13.2 Å². The lowest BCUT2D eigenvalue weighted by Crippen LogP contribution is -2.37. The lowest BCUT2D eigenvalue weighted by atomic mass is 10.2. The molecule has 1 aromatic heterocycles. The third kappa shape index (κ3) is 5.14. The molecule has 7 nitrogen and oxygen atoms in total. The second-order valence-electron chi connectivity index (χ2n) is 4.80. The molecular formula is C12H20N4O3S. The zero-order valence-corrected chi connectivity index (χ0v) is 12.6. The van der Waals surface area contributed by atoms with Gasteiger partial charge in [-0.05, 0) is 12.5 Å². The molecule has 0 aliphatic carbocycles. The third-order valence-electron chi connectivity index (χ3n) is 2.67. The van der Waals surface area contributed by atoms with Gasteiger partial charge < -0.3 is 16.0 Å². The van der Waals surface area contributed by atoms with Gasteiger partial charge in [0.1, 0.15) is 9.84 Å². The number of nitrogens with two attached hydrogens (primary N) is 1. The molecule has 0 spiro atoms. The van der Waals surface area contributed by atoms with Gasteiger partial charge in [0.15, 0.2) is 0 Å². The normalized spacial score (nSPS) is 12.8. The topological polar surface area (TPSA) is 105 Å². The second kappa shape index (κ2) is 6.67. The van der Waals surface area contributed by atoms with Crippen molar-refractivity contribution in [3.05, 3.63) is 18.5 Å². The molecule has 0 aliphatic heterocycles. The maximum Gasteiger partial charge on any atom is 0.241 e. The number of carbonyl (C=O) groups excluding carboxylic acids is 1. The number of amides is 1. The number of aromatic nitrogens is 1. The molecule has 1 rings (SSSR count). The highest BCUT2D eigenvalue weighted by Gasteiger charge is 2.17. The second-order valence-corrected chi connectivity index (χ2v) is 7.06. The molecule has 0 saturated carbocycles. The molecule has 0 bridgehead atoms. The van der Waals surface area contributed by atoms with E-state index in [2.05, 4.69) is 10.3 Å². The van der Waals surface area contributed by atoms with Crippen LogP contribution in [0.25, 0.3) is 0 Å². The number of rotatable bonds is 6. The van der Waals surface area contributed by atoms with Crippen molar-refractivity contribution in [3.63, 3.8) is 0 Å². The van der Waals surface area contributed by atoms with Crippen LogP contribution < -0.4 is 16.0 Å². The Balaban J connectivity index is 2.71. The fraction of sp³-hybridized carbons (Fsp3) is 0.500. The van der Waals surface area contributed by atoms with E-state index >= 15 is 0 Å². The van der Waals surface area contributed by atoms with Crippen molar-refractivity contribution in [2.24, 2.45) is 5.73 Å². The van der Waals surface area contributed by atoms with Crippen molar-refractivity contribution in [2.75, 3.05) is 36.3 Å². The number of sulfone groups is 1. The summed E-state index contributed by atoms with van der Waals surface area (Å²) in [5, 5.41) is 2.66. The smallest absolute Gasteiger partial charge is 0.241 e. The lowest BCUT2D eigenvalue weighted by molar-refractivity contribution is -0.117. The van der Waals surface area contributed by atoms with Crippen LogP contribution in [-0.2, 0) is 14.6 Å². The Morgan fingerprint density at radius 3 is 2.70 bits per heavy atom. The summed E-state index contributed by atoms with van der Waals surface area (Å²) in [5.74, 6) is -0.542.